The van der Waals surface area contributed by atoms with Crippen LogP contribution in [0.15, 0.2) is 0 Å². The van der Waals surface area contributed by atoms with E-state index in [2.05, 4.69) is 11.8 Å². The molecule has 0 aromatic rings. The van der Waals surface area contributed by atoms with Crippen molar-refractivity contribution in [2.24, 2.45) is 0 Å². The van der Waals surface area contributed by atoms with E-state index in [0.717, 1.165) is 39.0 Å². The molecule has 0 aromatic carbocycles. The summed E-state index contributed by atoms with van der Waals surface area (Å²) >= 11 is 0. The molecule has 1 aliphatic rings. The molecule has 1 heterocycles. The molecule has 0 amide bonds. The Balaban J connectivity index is 2.24. The van der Waals surface area contributed by atoms with Crippen LogP contribution in [0.4, 0.5) is 0 Å². The minimum atomic E-state index is -0.126. The largest absolute Gasteiger partial charge is 0.465 e. The monoisotopic (exact) mass is 229 g/mol. The van der Waals surface area contributed by atoms with Gasteiger partial charge in [0.25, 0.3) is 0 Å². The standard InChI is InChI=1S/C12H23NO3/c1-3-8-16-11-6-5-7-13(9-11)10-12(14)15-4-2/h11H,3-10H2,1-2H3. The van der Waals surface area contributed by atoms with Crippen molar-refractivity contribution < 1.29 is 14.3 Å². The predicted octanol–water partition coefficient (Wildman–Crippen LogP) is 1.44. The molecule has 0 saturated carbocycles. The van der Waals surface area contributed by atoms with E-state index in [4.69, 9.17) is 9.47 Å². The molecule has 1 aliphatic heterocycles. The number of hydrogen-bond acceptors (Lipinski definition) is 4. The third-order valence-corrected chi connectivity index (χ3v) is 2.68. The lowest BCUT2D eigenvalue weighted by Crippen LogP contribution is -2.42. The number of hydrogen-bond donors (Lipinski definition) is 0. The zero-order chi connectivity index (χ0) is 11.8. The summed E-state index contributed by atoms with van der Waals surface area (Å²) in [5.41, 5.74) is 0. The molecule has 4 heteroatoms. The minimum absolute atomic E-state index is 0.126. The fraction of sp³-hybridized carbons (Fsp3) is 0.917. The van der Waals surface area contributed by atoms with E-state index in [1.165, 1.54) is 0 Å². The maximum atomic E-state index is 11.3. The lowest BCUT2D eigenvalue weighted by molar-refractivity contribution is -0.145. The molecule has 4 nitrogen and oxygen atoms in total. The van der Waals surface area contributed by atoms with Gasteiger partial charge in [0.05, 0.1) is 19.3 Å². The second kappa shape index (κ2) is 7.63. The molecule has 1 fully saturated rings. The first-order valence-corrected chi connectivity index (χ1v) is 6.25. The number of carbonyl (C=O) groups excluding carboxylic acids is 1. The lowest BCUT2D eigenvalue weighted by Gasteiger charge is -2.31. The van der Waals surface area contributed by atoms with Gasteiger partial charge >= 0.3 is 5.97 Å². The maximum Gasteiger partial charge on any atom is 0.320 e. The van der Waals surface area contributed by atoms with Gasteiger partial charge in [-0.3, -0.25) is 9.69 Å². The first kappa shape index (κ1) is 13.5. The zero-order valence-corrected chi connectivity index (χ0v) is 10.4. The van der Waals surface area contributed by atoms with Crippen molar-refractivity contribution in [2.75, 3.05) is 32.8 Å². The summed E-state index contributed by atoms with van der Waals surface area (Å²) in [4.78, 5) is 13.5. The molecule has 0 radical (unpaired) electrons. The van der Waals surface area contributed by atoms with Crippen molar-refractivity contribution in [2.45, 2.75) is 39.2 Å². The normalized spacial score (nSPS) is 22.0. The fourth-order valence-electron chi connectivity index (χ4n) is 1.97. The van der Waals surface area contributed by atoms with Gasteiger partial charge in [0.15, 0.2) is 0 Å². The molecule has 1 saturated heterocycles. The summed E-state index contributed by atoms with van der Waals surface area (Å²) < 4.78 is 10.6. The summed E-state index contributed by atoms with van der Waals surface area (Å²) in [6.07, 6.45) is 3.56. The van der Waals surface area contributed by atoms with Gasteiger partial charge in [0, 0.05) is 13.2 Å². The van der Waals surface area contributed by atoms with Crippen molar-refractivity contribution in [3.8, 4) is 0 Å². The van der Waals surface area contributed by atoms with Gasteiger partial charge in [0.1, 0.15) is 0 Å². The Morgan fingerprint density at radius 3 is 2.94 bits per heavy atom. The molecule has 1 atom stereocenters. The van der Waals surface area contributed by atoms with Gasteiger partial charge in [-0.15, -0.1) is 0 Å². The fourth-order valence-corrected chi connectivity index (χ4v) is 1.97. The van der Waals surface area contributed by atoms with E-state index in [0.29, 0.717) is 19.3 Å². The number of esters is 1. The van der Waals surface area contributed by atoms with E-state index >= 15 is 0 Å². The van der Waals surface area contributed by atoms with Crippen LogP contribution in [-0.4, -0.2) is 49.8 Å². The first-order valence-electron chi connectivity index (χ1n) is 6.25. The Hall–Kier alpha value is -0.610. The highest BCUT2D eigenvalue weighted by molar-refractivity contribution is 5.71. The molecule has 94 valence electrons. The molecule has 0 spiro atoms. The topological polar surface area (TPSA) is 38.8 Å². The summed E-state index contributed by atoms with van der Waals surface area (Å²) in [6, 6.07) is 0. The van der Waals surface area contributed by atoms with Crippen LogP contribution in [0.1, 0.15) is 33.1 Å². The lowest BCUT2D eigenvalue weighted by atomic mass is 10.1. The molecule has 0 bridgehead atoms. The first-order chi connectivity index (χ1) is 7.76. The molecule has 16 heavy (non-hydrogen) atoms. The minimum Gasteiger partial charge on any atom is -0.465 e. The second-order valence-corrected chi connectivity index (χ2v) is 4.18. The van der Waals surface area contributed by atoms with Gasteiger partial charge < -0.3 is 9.47 Å². The molecular weight excluding hydrogens is 206 g/mol. The van der Waals surface area contributed by atoms with Gasteiger partial charge in [0.2, 0.25) is 0 Å². The highest BCUT2D eigenvalue weighted by Crippen LogP contribution is 2.13. The number of rotatable bonds is 6. The number of nitrogens with zero attached hydrogens (tertiary/aromatic N) is 1. The maximum absolute atomic E-state index is 11.3. The summed E-state index contributed by atoms with van der Waals surface area (Å²) in [7, 11) is 0. The highest BCUT2D eigenvalue weighted by Gasteiger charge is 2.22. The SMILES string of the molecule is CCCOC1CCCN(CC(=O)OCC)C1. The molecule has 1 rings (SSSR count). The summed E-state index contributed by atoms with van der Waals surface area (Å²) in [5, 5.41) is 0. The van der Waals surface area contributed by atoms with Gasteiger partial charge in [-0.25, -0.2) is 0 Å². The van der Waals surface area contributed by atoms with Crippen molar-refractivity contribution in [1.29, 1.82) is 0 Å². The number of piperidine rings is 1. The third-order valence-electron chi connectivity index (χ3n) is 2.68. The summed E-state index contributed by atoms with van der Waals surface area (Å²) in [5.74, 6) is -0.126. The van der Waals surface area contributed by atoms with E-state index in [1.807, 2.05) is 6.92 Å². The van der Waals surface area contributed by atoms with Gasteiger partial charge in [-0.2, -0.15) is 0 Å². The van der Waals surface area contributed by atoms with Crippen LogP contribution in [0.25, 0.3) is 0 Å². The number of ether oxygens (including phenoxy) is 2. The van der Waals surface area contributed by atoms with Crippen LogP contribution >= 0.6 is 0 Å². The zero-order valence-electron chi connectivity index (χ0n) is 10.4. The molecule has 0 aliphatic carbocycles. The smallest absolute Gasteiger partial charge is 0.320 e. The second-order valence-electron chi connectivity index (χ2n) is 4.18. The Morgan fingerprint density at radius 2 is 2.25 bits per heavy atom. The third kappa shape index (κ3) is 4.94. The highest BCUT2D eigenvalue weighted by atomic mass is 16.5. The van der Waals surface area contributed by atoms with E-state index in [-0.39, 0.29) is 5.97 Å². The van der Waals surface area contributed by atoms with Crippen molar-refractivity contribution in [3.05, 3.63) is 0 Å². The Kier molecular flexibility index (Phi) is 6.42. The quantitative estimate of drug-likeness (QED) is 0.646. The van der Waals surface area contributed by atoms with Gasteiger partial charge in [-0.1, -0.05) is 6.92 Å². The van der Waals surface area contributed by atoms with Crippen molar-refractivity contribution in [3.63, 3.8) is 0 Å². The Labute approximate surface area is 97.9 Å². The van der Waals surface area contributed by atoms with Crippen molar-refractivity contribution >= 4 is 5.97 Å². The van der Waals surface area contributed by atoms with E-state index in [9.17, 15) is 4.79 Å². The van der Waals surface area contributed by atoms with Crippen LogP contribution in [0.3, 0.4) is 0 Å². The molecular formula is C12H23NO3. The number of likely N-dealkylation sites (tertiary alicyclic amines) is 1. The number of carbonyl (C=O) groups is 1. The molecule has 0 N–H and O–H groups in total. The van der Waals surface area contributed by atoms with Crippen LogP contribution in [0.2, 0.25) is 0 Å². The Bertz CT molecular complexity index is 208. The van der Waals surface area contributed by atoms with E-state index in [1.54, 1.807) is 0 Å². The van der Waals surface area contributed by atoms with Crippen LogP contribution in [-0.2, 0) is 14.3 Å². The summed E-state index contributed by atoms with van der Waals surface area (Å²) in [6.45, 7) is 7.46. The predicted molar refractivity (Wildman–Crippen MR) is 62.3 cm³/mol. The average Bonchev–Trinajstić information content (AvgIpc) is 2.27. The molecule has 0 aromatic heterocycles. The van der Waals surface area contributed by atoms with Crippen molar-refractivity contribution in [1.82, 2.24) is 4.90 Å². The molecule has 1 unspecified atom stereocenters. The van der Waals surface area contributed by atoms with Crippen LogP contribution in [0.5, 0.6) is 0 Å². The Morgan fingerprint density at radius 1 is 1.44 bits per heavy atom. The average molecular weight is 229 g/mol. The van der Waals surface area contributed by atoms with Crippen LogP contribution in [0, 0.1) is 0 Å². The van der Waals surface area contributed by atoms with E-state index < -0.39 is 0 Å². The van der Waals surface area contributed by atoms with Crippen LogP contribution < -0.4 is 0 Å². The van der Waals surface area contributed by atoms with Gasteiger partial charge in [-0.05, 0) is 32.7 Å².